The minimum atomic E-state index is -0.532. The Balaban J connectivity index is 1.75. The summed E-state index contributed by atoms with van der Waals surface area (Å²) in [6.45, 7) is 0.614. The zero-order valence-electron chi connectivity index (χ0n) is 12.2. The van der Waals surface area contributed by atoms with Crippen LogP contribution in [0.2, 0.25) is 5.02 Å². The second kappa shape index (κ2) is 6.54. The summed E-state index contributed by atoms with van der Waals surface area (Å²) in [5, 5.41) is 2.68. The zero-order valence-corrected chi connectivity index (χ0v) is 13.0. The van der Waals surface area contributed by atoms with Crippen LogP contribution in [0.1, 0.15) is 24.4 Å². The van der Waals surface area contributed by atoms with E-state index in [1.165, 1.54) is 30.3 Å². The van der Waals surface area contributed by atoms with Crippen LogP contribution in [0.5, 0.6) is 0 Å². The number of halogens is 3. The first kappa shape index (κ1) is 15.7. The van der Waals surface area contributed by atoms with Crippen molar-refractivity contribution < 1.29 is 13.6 Å². The van der Waals surface area contributed by atoms with E-state index in [1.807, 2.05) is 0 Å². The molecule has 23 heavy (non-hydrogen) atoms. The molecular formula is C17H15ClF2N2O. The molecule has 1 aliphatic rings. The number of amides is 2. The standard InChI is InChI=1S/C17H15ClF2N2O/c18-14-10-13(7-8-15(14)20)21-17(23)22-9-1-2-16(22)11-3-5-12(19)6-4-11/h3-8,10,16H,1-2,9H2,(H,21,23)/t16-/m1/s1. The summed E-state index contributed by atoms with van der Waals surface area (Å²) in [7, 11) is 0. The molecule has 1 N–H and O–H groups in total. The fourth-order valence-corrected chi connectivity index (χ4v) is 2.99. The molecule has 1 heterocycles. The van der Waals surface area contributed by atoms with Crippen molar-refractivity contribution in [3.8, 4) is 0 Å². The smallest absolute Gasteiger partial charge is 0.317 e. The lowest BCUT2D eigenvalue weighted by Crippen LogP contribution is -2.34. The Labute approximate surface area is 137 Å². The molecule has 0 radical (unpaired) electrons. The van der Waals surface area contributed by atoms with E-state index in [0.29, 0.717) is 12.2 Å². The Kier molecular flexibility index (Phi) is 4.48. The molecule has 0 spiro atoms. The number of rotatable bonds is 2. The van der Waals surface area contributed by atoms with E-state index in [2.05, 4.69) is 5.32 Å². The fourth-order valence-electron chi connectivity index (χ4n) is 2.81. The van der Waals surface area contributed by atoms with Crippen molar-refractivity contribution in [3.63, 3.8) is 0 Å². The highest BCUT2D eigenvalue weighted by molar-refractivity contribution is 6.31. The van der Waals surface area contributed by atoms with Gasteiger partial charge in [0.15, 0.2) is 0 Å². The fraction of sp³-hybridized carbons (Fsp3) is 0.235. The third-order valence-electron chi connectivity index (χ3n) is 3.94. The topological polar surface area (TPSA) is 32.3 Å². The Morgan fingerprint density at radius 2 is 1.91 bits per heavy atom. The van der Waals surface area contributed by atoms with Gasteiger partial charge in [-0.1, -0.05) is 23.7 Å². The average molecular weight is 337 g/mol. The van der Waals surface area contributed by atoms with Crippen LogP contribution in [0.15, 0.2) is 42.5 Å². The number of urea groups is 1. The number of anilines is 1. The van der Waals surface area contributed by atoms with Crippen LogP contribution in [-0.2, 0) is 0 Å². The van der Waals surface area contributed by atoms with E-state index in [1.54, 1.807) is 17.0 Å². The molecule has 0 aromatic heterocycles. The Morgan fingerprint density at radius 1 is 1.17 bits per heavy atom. The maximum atomic E-state index is 13.2. The maximum absolute atomic E-state index is 13.2. The van der Waals surface area contributed by atoms with Crippen molar-refractivity contribution in [1.29, 1.82) is 0 Å². The Bertz CT molecular complexity index is 721. The van der Waals surface area contributed by atoms with Gasteiger partial charge in [-0.05, 0) is 48.7 Å². The van der Waals surface area contributed by atoms with Gasteiger partial charge < -0.3 is 10.2 Å². The molecular weight excluding hydrogens is 322 g/mol. The van der Waals surface area contributed by atoms with E-state index in [0.717, 1.165) is 18.4 Å². The Hall–Kier alpha value is -2.14. The molecule has 3 rings (SSSR count). The number of nitrogens with zero attached hydrogens (tertiary/aromatic N) is 1. The molecule has 2 aromatic carbocycles. The van der Waals surface area contributed by atoms with Crippen molar-refractivity contribution in [2.45, 2.75) is 18.9 Å². The van der Waals surface area contributed by atoms with Crippen molar-refractivity contribution >= 4 is 23.3 Å². The van der Waals surface area contributed by atoms with Gasteiger partial charge in [-0.2, -0.15) is 0 Å². The first-order valence-corrected chi connectivity index (χ1v) is 7.70. The molecule has 2 aromatic rings. The number of carbonyl (C=O) groups excluding carboxylic acids is 1. The number of carbonyl (C=O) groups is 1. The van der Waals surface area contributed by atoms with E-state index in [9.17, 15) is 13.6 Å². The van der Waals surface area contributed by atoms with Gasteiger partial charge in [0.05, 0.1) is 11.1 Å². The SMILES string of the molecule is O=C(Nc1ccc(F)c(Cl)c1)N1CCC[C@@H]1c1ccc(F)cc1. The summed E-state index contributed by atoms with van der Waals surface area (Å²) >= 11 is 5.72. The molecule has 1 atom stereocenters. The normalized spacial score (nSPS) is 17.3. The molecule has 1 aliphatic heterocycles. The monoisotopic (exact) mass is 336 g/mol. The van der Waals surface area contributed by atoms with Gasteiger partial charge in [0, 0.05) is 12.2 Å². The molecule has 120 valence electrons. The lowest BCUT2D eigenvalue weighted by molar-refractivity contribution is 0.207. The molecule has 0 saturated carbocycles. The predicted octanol–water partition coefficient (Wildman–Crippen LogP) is 4.99. The Morgan fingerprint density at radius 3 is 2.61 bits per heavy atom. The minimum Gasteiger partial charge on any atom is -0.317 e. The van der Waals surface area contributed by atoms with E-state index in [4.69, 9.17) is 11.6 Å². The second-order valence-electron chi connectivity index (χ2n) is 5.46. The van der Waals surface area contributed by atoms with Crippen molar-refractivity contribution in [3.05, 3.63) is 64.7 Å². The van der Waals surface area contributed by atoms with Crippen LogP contribution in [0.3, 0.4) is 0 Å². The molecule has 0 aliphatic carbocycles. The van der Waals surface area contributed by atoms with E-state index >= 15 is 0 Å². The number of benzene rings is 2. The van der Waals surface area contributed by atoms with Crippen molar-refractivity contribution in [2.75, 3.05) is 11.9 Å². The summed E-state index contributed by atoms with van der Waals surface area (Å²) in [6, 6.07) is 9.85. The number of likely N-dealkylation sites (tertiary alicyclic amines) is 1. The summed E-state index contributed by atoms with van der Waals surface area (Å²) < 4.78 is 26.2. The number of nitrogens with one attached hydrogen (secondary N) is 1. The van der Waals surface area contributed by atoms with E-state index < -0.39 is 5.82 Å². The summed E-state index contributed by atoms with van der Waals surface area (Å²) in [5.41, 5.74) is 1.34. The third-order valence-corrected chi connectivity index (χ3v) is 4.23. The summed E-state index contributed by atoms with van der Waals surface area (Å²) in [5.74, 6) is -0.835. The highest BCUT2D eigenvalue weighted by Crippen LogP contribution is 2.32. The quantitative estimate of drug-likeness (QED) is 0.823. The number of hydrogen-bond acceptors (Lipinski definition) is 1. The third kappa shape index (κ3) is 3.45. The highest BCUT2D eigenvalue weighted by atomic mass is 35.5. The van der Waals surface area contributed by atoms with Gasteiger partial charge in [-0.15, -0.1) is 0 Å². The van der Waals surface area contributed by atoms with Crippen LogP contribution >= 0.6 is 11.6 Å². The van der Waals surface area contributed by atoms with Crippen LogP contribution in [-0.4, -0.2) is 17.5 Å². The average Bonchev–Trinajstić information content (AvgIpc) is 3.01. The van der Waals surface area contributed by atoms with Gasteiger partial charge in [-0.3, -0.25) is 0 Å². The van der Waals surface area contributed by atoms with Gasteiger partial charge in [0.1, 0.15) is 11.6 Å². The van der Waals surface area contributed by atoms with Gasteiger partial charge >= 0.3 is 6.03 Å². The molecule has 2 amide bonds. The van der Waals surface area contributed by atoms with Crippen LogP contribution in [0.4, 0.5) is 19.3 Å². The first-order valence-electron chi connectivity index (χ1n) is 7.33. The summed E-state index contributed by atoms with van der Waals surface area (Å²) in [6.07, 6.45) is 1.70. The van der Waals surface area contributed by atoms with Crippen molar-refractivity contribution in [2.24, 2.45) is 0 Å². The highest BCUT2D eigenvalue weighted by Gasteiger charge is 2.30. The predicted molar refractivity (Wildman–Crippen MR) is 85.5 cm³/mol. The van der Waals surface area contributed by atoms with Crippen LogP contribution in [0.25, 0.3) is 0 Å². The number of hydrogen-bond donors (Lipinski definition) is 1. The van der Waals surface area contributed by atoms with Gasteiger partial charge in [0.25, 0.3) is 0 Å². The second-order valence-corrected chi connectivity index (χ2v) is 5.87. The van der Waals surface area contributed by atoms with Gasteiger partial charge in [0.2, 0.25) is 0 Å². The first-order chi connectivity index (χ1) is 11.0. The lowest BCUT2D eigenvalue weighted by Gasteiger charge is -2.25. The van der Waals surface area contributed by atoms with Crippen LogP contribution in [0, 0.1) is 11.6 Å². The molecule has 3 nitrogen and oxygen atoms in total. The van der Waals surface area contributed by atoms with E-state index in [-0.39, 0.29) is 22.9 Å². The zero-order chi connectivity index (χ0) is 16.4. The van der Waals surface area contributed by atoms with Crippen LogP contribution < -0.4 is 5.32 Å². The molecule has 1 fully saturated rings. The minimum absolute atomic E-state index is 0.0423. The van der Waals surface area contributed by atoms with Crippen molar-refractivity contribution in [1.82, 2.24) is 4.90 Å². The molecule has 0 bridgehead atoms. The lowest BCUT2D eigenvalue weighted by atomic mass is 10.0. The molecule has 1 saturated heterocycles. The summed E-state index contributed by atoms with van der Waals surface area (Å²) in [4.78, 5) is 14.2. The largest absolute Gasteiger partial charge is 0.322 e. The maximum Gasteiger partial charge on any atom is 0.322 e. The van der Waals surface area contributed by atoms with Gasteiger partial charge in [-0.25, -0.2) is 13.6 Å². The molecule has 6 heteroatoms. The molecule has 0 unspecified atom stereocenters.